The van der Waals surface area contributed by atoms with Crippen molar-refractivity contribution in [3.05, 3.63) is 41.0 Å². The molecule has 7 heteroatoms. The van der Waals surface area contributed by atoms with Crippen molar-refractivity contribution < 1.29 is 9.53 Å². The Morgan fingerprint density at radius 1 is 1.26 bits per heavy atom. The fraction of sp³-hybridized carbons (Fsp3) is 0.536. The number of para-hydroxylation sites is 2. The lowest BCUT2D eigenvalue weighted by Crippen LogP contribution is -2.42. The topological polar surface area (TPSA) is 73.9 Å². The number of benzene rings is 1. The van der Waals surface area contributed by atoms with Crippen LogP contribution in [0.4, 0.5) is 5.82 Å². The number of aromatic nitrogens is 2. The second-order valence-electron chi connectivity index (χ2n) is 9.73. The van der Waals surface area contributed by atoms with Crippen LogP contribution in [0.15, 0.2) is 24.3 Å². The second kappa shape index (κ2) is 11.1. The summed E-state index contributed by atoms with van der Waals surface area (Å²) in [5, 5.41) is 10.1. The van der Waals surface area contributed by atoms with Gasteiger partial charge in [-0.3, -0.25) is 14.1 Å². The Hall–Kier alpha value is -3.11. The van der Waals surface area contributed by atoms with Gasteiger partial charge >= 0.3 is 5.97 Å². The number of esters is 1. The van der Waals surface area contributed by atoms with Crippen LogP contribution in [0.2, 0.25) is 0 Å². The van der Waals surface area contributed by atoms with Gasteiger partial charge in [0.15, 0.2) is 5.65 Å². The monoisotopic (exact) mass is 475 g/mol. The van der Waals surface area contributed by atoms with E-state index in [1.54, 1.807) is 0 Å². The maximum atomic E-state index is 12.3. The molecule has 0 amide bonds. The SMILES string of the molecule is CCCCCCC(=O)OCCc1c(C)c(C#N)c2nc3ccccc3n2c1N1CCC[C@H]1N(C)C. The van der Waals surface area contributed by atoms with Crippen molar-refractivity contribution in [3.8, 4) is 6.07 Å². The van der Waals surface area contributed by atoms with Crippen molar-refractivity contribution in [3.63, 3.8) is 0 Å². The first-order chi connectivity index (χ1) is 17.0. The van der Waals surface area contributed by atoms with Gasteiger partial charge in [0.1, 0.15) is 11.9 Å². The molecule has 7 nitrogen and oxygen atoms in total. The standard InChI is InChI=1S/C28H37N5O2/c1-5-6-7-8-15-26(34)35-18-16-21-20(2)22(19-29)27-30-23-12-9-10-13-24(23)33(27)28(21)32-17-11-14-25(32)31(3)4/h9-10,12-13,25H,5-8,11,14-18H2,1-4H3/t25-/m0/s1. The first kappa shape index (κ1) is 25.0. The first-order valence-electron chi connectivity index (χ1n) is 12.9. The molecule has 1 aliphatic rings. The molecule has 0 N–H and O–H groups in total. The highest BCUT2D eigenvalue weighted by Gasteiger charge is 2.32. The van der Waals surface area contributed by atoms with Crippen LogP contribution in [0.5, 0.6) is 0 Å². The average Bonchev–Trinajstić information content (AvgIpc) is 3.48. The number of ether oxygens (including phenoxy) is 1. The minimum atomic E-state index is -0.137. The van der Waals surface area contributed by atoms with Crippen molar-refractivity contribution in [1.82, 2.24) is 14.3 Å². The summed E-state index contributed by atoms with van der Waals surface area (Å²) in [7, 11) is 4.23. The summed E-state index contributed by atoms with van der Waals surface area (Å²) in [5.74, 6) is 0.933. The molecule has 186 valence electrons. The molecule has 1 saturated heterocycles. The van der Waals surface area contributed by atoms with Crippen LogP contribution < -0.4 is 4.90 Å². The lowest BCUT2D eigenvalue weighted by atomic mass is 10.0. The van der Waals surface area contributed by atoms with Gasteiger partial charge in [0.25, 0.3) is 0 Å². The molecule has 35 heavy (non-hydrogen) atoms. The Morgan fingerprint density at radius 3 is 2.80 bits per heavy atom. The van der Waals surface area contributed by atoms with E-state index in [-0.39, 0.29) is 12.1 Å². The normalized spacial score (nSPS) is 15.9. The third kappa shape index (κ3) is 4.99. The van der Waals surface area contributed by atoms with Crippen molar-refractivity contribution in [2.45, 2.75) is 71.4 Å². The number of anilines is 1. The molecule has 0 aliphatic carbocycles. The van der Waals surface area contributed by atoms with E-state index in [2.05, 4.69) is 47.4 Å². The first-order valence-corrected chi connectivity index (χ1v) is 12.9. The van der Waals surface area contributed by atoms with Gasteiger partial charge in [-0.1, -0.05) is 38.3 Å². The molecule has 1 aromatic carbocycles. The predicted molar refractivity (Wildman–Crippen MR) is 140 cm³/mol. The van der Waals surface area contributed by atoms with Gasteiger partial charge in [0.05, 0.1) is 29.4 Å². The van der Waals surface area contributed by atoms with Gasteiger partial charge in [0, 0.05) is 24.9 Å². The lowest BCUT2D eigenvalue weighted by molar-refractivity contribution is -0.143. The second-order valence-corrected chi connectivity index (χ2v) is 9.73. The molecule has 0 saturated carbocycles. The molecule has 1 fully saturated rings. The van der Waals surface area contributed by atoms with E-state index in [1.165, 1.54) is 0 Å². The van der Waals surface area contributed by atoms with Crippen molar-refractivity contribution in [1.29, 1.82) is 5.26 Å². The lowest BCUT2D eigenvalue weighted by Gasteiger charge is -2.34. The number of imidazole rings is 1. The summed E-state index contributed by atoms with van der Waals surface area (Å²) in [5.41, 5.74) is 5.14. The van der Waals surface area contributed by atoms with Crippen molar-refractivity contribution in [2.24, 2.45) is 0 Å². The van der Waals surface area contributed by atoms with Gasteiger partial charge in [-0.15, -0.1) is 0 Å². The minimum absolute atomic E-state index is 0.137. The largest absolute Gasteiger partial charge is 0.465 e. The van der Waals surface area contributed by atoms with E-state index in [1.807, 2.05) is 25.1 Å². The fourth-order valence-electron chi connectivity index (χ4n) is 5.33. The average molecular weight is 476 g/mol. The maximum Gasteiger partial charge on any atom is 0.305 e. The predicted octanol–water partition coefficient (Wildman–Crippen LogP) is 5.21. The number of unbranched alkanes of at least 4 members (excludes halogenated alkanes) is 3. The van der Waals surface area contributed by atoms with E-state index < -0.39 is 0 Å². The highest BCUT2D eigenvalue weighted by atomic mass is 16.5. The third-order valence-electron chi connectivity index (χ3n) is 7.14. The molecule has 2 aromatic heterocycles. The van der Waals surface area contributed by atoms with Gasteiger partial charge < -0.3 is 9.64 Å². The zero-order valence-corrected chi connectivity index (χ0v) is 21.5. The number of carbonyl (C=O) groups excluding carboxylic acids is 1. The Kier molecular flexibility index (Phi) is 7.92. The number of rotatable bonds is 10. The van der Waals surface area contributed by atoms with Crippen LogP contribution in [0.25, 0.3) is 16.7 Å². The number of hydrogen-bond donors (Lipinski definition) is 0. The zero-order valence-electron chi connectivity index (χ0n) is 21.5. The summed E-state index contributed by atoms with van der Waals surface area (Å²) < 4.78 is 7.81. The Bertz CT molecular complexity index is 1240. The molecular weight excluding hydrogens is 438 g/mol. The van der Waals surface area contributed by atoms with Gasteiger partial charge in [-0.2, -0.15) is 5.26 Å². The van der Waals surface area contributed by atoms with E-state index in [4.69, 9.17) is 9.72 Å². The van der Waals surface area contributed by atoms with Crippen LogP contribution in [-0.2, 0) is 16.0 Å². The molecule has 1 aliphatic heterocycles. The van der Waals surface area contributed by atoms with E-state index >= 15 is 0 Å². The number of pyridine rings is 1. The molecule has 0 unspecified atom stereocenters. The molecule has 3 heterocycles. The number of nitrogens with zero attached hydrogens (tertiary/aromatic N) is 5. The molecular formula is C28H37N5O2. The minimum Gasteiger partial charge on any atom is -0.465 e. The molecule has 3 aromatic rings. The number of hydrogen-bond acceptors (Lipinski definition) is 6. The molecule has 1 atom stereocenters. The molecule has 0 radical (unpaired) electrons. The highest BCUT2D eigenvalue weighted by molar-refractivity contribution is 5.86. The van der Waals surface area contributed by atoms with Crippen molar-refractivity contribution in [2.75, 3.05) is 32.1 Å². The van der Waals surface area contributed by atoms with E-state index in [9.17, 15) is 10.1 Å². The summed E-state index contributed by atoms with van der Waals surface area (Å²) in [4.78, 5) is 21.9. The van der Waals surface area contributed by atoms with Gasteiger partial charge in [-0.25, -0.2) is 4.98 Å². The quantitative estimate of drug-likeness (QED) is 0.296. The number of carbonyl (C=O) groups is 1. The van der Waals surface area contributed by atoms with Gasteiger partial charge in [0.2, 0.25) is 0 Å². The fourth-order valence-corrected chi connectivity index (χ4v) is 5.33. The maximum absolute atomic E-state index is 12.3. The van der Waals surface area contributed by atoms with Crippen LogP contribution in [0.1, 0.15) is 68.6 Å². The van der Waals surface area contributed by atoms with Gasteiger partial charge in [-0.05, 0) is 58.0 Å². The Labute approximate surface area is 208 Å². The molecule has 0 spiro atoms. The smallest absolute Gasteiger partial charge is 0.305 e. The van der Waals surface area contributed by atoms with Crippen LogP contribution in [-0.4, -0.2) is 53.7 Å². The van der Waals surface area contributed by atoms with Crippen LogP contribution >= 0.6 is 0 Å². The highest BCUT2D eigenvalue weighted by Crippen LogP contribution is 2.37. The molecule has 0 bridgehead atoms. The van der Waals surface area contributed by atoms with Crippen LogP contribution in [0, 0.1) is 18.3 Å². The number of fused-ring (bicyclic) bond motifs is 3. The zero-order chi connectivity index (χ0) is 24.9. The summed E-state index contributed by atoms with van der Waals surface area (Å²) >= 11 is 0. The number of nitriles is 1. The third-order valence-corrected chi connectivity index (χ3v) is 7.14. The Balaban J connectivity index is 1.75. The summed E-state index contributed by atoms with van der Waals surface area (Å²) in [6.07, 6.45) is 7.70. The van der Waals surface area contributed by atoms with Crippen molar-refractivity contribution >= 4 is 28.5 Å². The molecule has 4 rings (SSSR count). The summed E-state index contributed by atoms with van der Waals surface area (Å²) in [6.45, 7) is 5.41. The van der Waals surface area contributed by atoms with Crippen LogP contribution in [0.3, 0.4) is 0 Å². The Morgan fingerprint density at radius 2 is 2.06 bits per heavy atom. The van der Waals surface area contributed by atoms with E-state index in [0.717, 1.165) is 73.0 Å². The summed E-state index contributed by atoms with van der Waals surface area (Å²) in [6, 6.07) is 10.5. The van der Waals surface area contributed by atoms with E-state index in [0.29, 0.717) is 30.7 Å².